The Labute approximate surface area is 215 Å². The molecule has 37 heavy (non-hydrogen) atoms. The summed E-state index contributed by atoms with van der Waals surface area (Å²) in [4.78, 5) is 33.3. The van der Waals surface area contributed by atoms with Crippen LogP contribution in [0.5, 0.6) is 0 Å². The van der Waals surface area contributed by atoms with Crippen molar-refractivity contribution in [1.29, 1.82) is 0 Å². The number of benzene rings is 2. The van der Waals surface area contributed by atoms with Crippen molar-refractivity contribution in [2.45, 2.75) is 50.3 Å². The van der Waals surface area contributed by atoms with Gasteiger partial charge in [-0.15, -0.1) is 0 Å². The fourth-order valence-electron chi connectivity index (χ4n) is 5.60. The maximum atomic E-state index is 14.3. The zero-order chi connectivity index (χ0) is 25.9. The number of carbonyl (C=O) groups excluding carboxylic acids is 1. The van der Waals surface area contributed by atoms with Gasteiger partial charge in [-0.25, -0.2) is 14.2 Å². The molecule has 2 heterocycles. The fourth-order valence-corrected chi connectivity index (χ4v) is 5.60. The Kier molecular flexibility index (Phi) is 7.23. The molecule has 0 unspecified atom stereocenters. The second-order valence-electron chi connectivity index (χ2n) is 9.85. The molecule has 2 N–H and O–H groups in total. The highest BCUT2D eigenvalue weighted by Gasteiger charge is 2.36. The van der Waals surface area contributed by atoms with E-state index in [4.69, 9.17) is 0 Å². The van der Waals surface area contributed by atoms with Crippen molar-refractivity contribution in [2.24, 2.45) is 0 Å². The van der Waals surface area contributed by atoms with E-state index < -0.39 is 18.0 Å². The first-order valence-electron chi connectivity index (χ1n) is 12.8. The van der Waals surface area contributed by atoms with Crippen LogP contribution in [0.1, 0.15) is 47.8 Å². The summed E-state index contributed by atoms with van der Waals surface area (Å²) < 4.78 is 16.1. The number of hydrogen-bond donors (Lipinski definition) is 2. The molecule has 2 fully saturated rings. The molecule has 8 nitrogen and oxygen atoms in total. The summed E-state index contributed by atoms with van der Waals surface area (Å²) in [6.45, 7) is 0.612. The minimum atomic E-state index is -1.01. The third kappa shape index (κ3) is 5.22. The van der Waals surface area contributed by atoms with Crippen molar-refractivity contribution < 1.29 is 24.2 Å². The van der Waals surface area contributed by atoms with Gasteiger partial charge in [0.2, 0.25) is 0 Å². The number of aliphatic hydroxyl groups is 1. The van der Waals surface area contributed by atoms with Gasteiger partial charge >= 0.3 is 6.09 Å². The number of aliphatic hydroxyl groups excluding tert-OH is 1. The van der Waals surface area contributed by atoms with Crippen LogP contribution in [0.25, 0.3) is 11.3 Å². The molecule has 2 amide bonds. The van der Waals surface area contributed by atoms with Gasteiger partial charge in [0.15, 0.2) is 5.69 Å². The Balaban J connectivity index is 1.53. The minimum absolute atomic E-state index is 0.185. The lowest BCUT2D eigenvalue weighted by atomic mass is 9.92. The maximum Gasteiger partial charge on any atom is 0.407 e. The van der Waals surface area contributed by atoms with Crippen LogP contribution in [0, 0.1) is 5.82 Å². The molecule has 5 rings (SSSR count). The fraction of sp³-hybridized carbons (Fsp3) is 0.393. The summed E-state index contributed by atoms with van der Waals surface area (Å²) in [5.74, 6) is -0.751. The second-order valence-corrected chi connectivity index (χ2v) is 9.85. The standard InChI is InChI=1S/C28H31FN4O4/c29-21-10-6-9-20(16-21)26-25(30-18-33(26)23-11-4-5-12-24(23)34)27(35)32-14-13-31(28(36)37)17-22(32)15-19-7-2-1-3-8-19/h1-3,6-10,16,18,22-24,34H,4-5,11-15,17H2,(H,36,37)/t22-,23+,24+/m1/s1. The molecular weight excluding hydrogens is 475 g/mol. The molecule has 2 aromatic carbocycles. The smallest absolute Gasteiger partial charge is 0.407 e. The molecule has 1 aromatic heterocycles. The monoisotopic (exact) mass is 506 g/mol. The summed E-state index contributed by atoms with van der Waals surface area (Å²) in [5, 5.41) is 20.4. The number of imidazole rings is 1. The van der Waals surface area contributed by atoms with Gasteiger partial charge in [0.25, 0.3) is 5.91 Å². The molecule has 2 aliphatic rings. The van der Waals surface area contributed by atoms with E-state index >= 15 is 0 Å². The lowest BCUT2D eigenvalue weighted by Gasteiger charge is -2.40. The van der Waals surface area contributed by atoms with E-state index in [1.807, 2.05) is 34.9 Å². The number of carboxylic acid groups (broad SMARTS) is 1. The average molecular weight is 507 g/mol. The number of carbonyl (C=O) groups is 2. The van der Waals surface area contributed by atoms with E-state index in [0.29, 0.717) is 24.1 Å². The van der Waals surface area contributed by atoms with Gasteiger partial charge in [0.1, 0.15) is 5.82 Å². The first-order valence-corrected chi connectivity index (χ1v) is 12.8. The lowest BCUT2D eigenvalue weighted by Crippen LogP contribution is -2.57. The van der Waals surface area contributed by atoms with Gasteiger partial charge in [-0.05, 0) is 37.0 Å². The van der Waals surface area contributed by atoms with Gasteiger partial charge in [-0.1, -0.05) is 55.3 Å². The van der Waals surface area contributed by atoms with Crippen molar-refractivity contribution in [1.82, 2.24) is 19.4 Å². The van der Waals surface area contributed by atoms with E-state index in [1.54, 1.807) is 23.4 Å². The highest BCUT2D eigenvalue weighted by atomic mass is 19.1. The molecule has 1 saturated carbocycles. The molecular formula is C28H31FN4O4. The Morgan fingerprint density at radius 2 is 1.81 bits per heavy atom. The largest absolute Gasteiger partial charge is 0.465 e. The zero-order valence-corrected chi connectivity index (χ0v) is 20.5. The summed E-state index contributed by atoms with van der Waals surface area (Å²) in [7, 11) is 0. The third-order valence-electron chi connectivity index (χ3n) is 7.47. The number of rotatable bonds is 5. The van der Waals surface area contributed by atoms with Gasteiger partial charge < -0.3 is 24.6 Å². The van der Waals surface area contributed by atoms with Crippen LogP contribution in [-0.2, 0) is 6.42 Å². The van der Waals surface area contributed by atoms with Crippen LogP contribution in [0.2, 0.25) is 0 Å². The third-order valence-corrected chi connectivity index (χ3v) is 7.47. The Morgan fingerprint density at radius 1 is 1.03 bits per heavy atom. The van der Waals surface area contributed by atoms with E-state index in [-0.39, 0.29) is 43.3 Å². The van der Waals surface area contributed by atoms with Gasteiger partial charge in [-0.2, -0.15) is 0 Å². The van der Waals surface area contributed by atoms with Gasteiger partial charge in [0, 0.05) is 25.2 Å². The normalized spacial score (nSPS) is 22.2. The number of halogens is 1. The number of piperazine rings is 1. The minimum Gasteiger partial charge on any atom is -0.465 e. The van der Waals surface area contributed by atoms with E-state index in [0.717, 1.165) is 24.8 Å². The van der Waals surface area contributed by atoms with E-state index in [2.05, 4.69) is 4.98 Å². The van der Waals surface area contributed by atoms with Crippen molar-refractivity contribution in [3.05, 3.63) is 78.0 Å². The molecule has 3 aromatic rings. The summed E-state index contributed by atoms with van der Waals surface area (Å²) in [6, 6.07) is 15.1. The van der Waals surface area contributed by atoms with Gasteiger partial charge in [-0.3, -0.25) is 4.79 Å². The van der Waals surface area contributed by atoms with Crippen LogP contribution in [0.4, 0.5) is 9.18 Å². The van der Waals surface area contributed by atoms with Crippen LogP contribution in [-0.4, -0.2) is 73.3 Å². The van der Waals surface area contributed by atoms with Crippen LogP contribution < -0.4 is 0 Å². The summed E-state index contributed by atoms with van der Waals surface area (Å²) in [5.41, 5.74) is 2.18. The molecule has 194 valence electrons. The lowest BCUT2D eigenvalue weighted by molar-refractivity contribution is 0.0446. The molecule has 9 heteroatoms. The number of hydrogen-bond acceptors (Lipinski definition) is 4. The number of aromatic nitrogens is 2. The van der Waals surface area contributed by atoms with Gasteiger partial charge in [0.05, 0.1) is 30.2 Å². The van der Waals surface area contributed by atoms with E-state index in [1.165, 1.54) is 17.0 Å². The SMILES string of the molecule is O=C(O)N1CCN(C(=O)c2ncn([C@H]3CCCC[C@@H]3O)c2-c2cccc(F)c2)[C@H](Cc2ccccc2)C1. The molecule has 1 aliphatic carbocycles. The quantitative estimate of drug-likeness (QED) is 0.540. The van der Waals surface area contributed by atoms with Crippen molar-refractivity contribution in [3.63, 3.8) is 0 Å². The van der Waals surface area contributed by atoms with Crippen LogP contribution in [0.3, 0.4) is 0 Å². The molecule has 3 atom stereocenters. The summed E-state index contributed by atoms with van der Waals surface area (Å²) >= 11 is 0. The number of nitrogens with zero attached hydrogens (tertiary/aromatic N) is 4. The number of amides is 2. The highest BCUT2D eigenvalue weighted by molar-refractivity contribution is 5.98. The predicted octanol–water partition coefficient (Wildman–Crippen LogP) is 4.21. The van der Waals surface area contributed by atoms with Crippen molar-refractivity contribution in [3.8, 4) is 11.3 Å². The topological polar surface area (TPSA) is 98.9 Å². The molecule has 0 radical (unpaired) electrons. The molecule has 0 spiro atoms. The van der Waals surface area contributed by atoms with Crippen LogP contribution >= 0.6 is 0 Å². The molecule has 0 bridgehead atoms. The first-order chi connectivity index (χ1) is 17.9. The Bertz CT molecular complexity index is 1260. The Morgan fingerprint density at radius 3 is 2.54 bits per heavy atom. The highest BCUT2D eigenvalue weighted by Crippen LogP contribution is 2.35. The molecule has 1 aliphatic heterocycles. The van der Waals surface area contributed by atoms with Crippen LogP contribution in [0.15, 0.2) is 60.9 Å². The summed E-state index contributed by atoms with van der Waals surface area (Å²) in [6.07, 6.45) is 3.75. The van der Waals surface area contributed by atoms with Crippen molar-refractivity contribution in [2.75, 3.05) is 19.6 Å². The first kappa shape index (κ1) is 25.0. The Hall–Kier alpha value is -3.72. The predicted molar refractivity (Wildman–Crippen MR) is 136 cm³/mol. The second kappa shape index (κ2) is 10.7. The zero-order valence-electron chi connectivity index (χ0n) is 20.5. The molecule has 1 saturated heterocycles. The average Bonchev–Trinajstić information content (AvgIpc) is 3.34. The van der Waals surface area contributed by atoms with E-state index in [9.17, 15) is 24.2 Å². The van der Waals surface area contributed by atoms with Crippen molar-refractivity contribution >= 4 is 12.0 Å². The maximum absolute atomic E-state index is 14.3.